The van der Waals surface area contributed by atoms with E-state index in [9.17, 15) is 9.59 Å². The van der Waals surface area contributed by atoms with Gasteiger partial charge < -0.3 is 4.74 Å². The number of carbonyl (C=O) groups excluding carboxylic acids is 2. The van der Waals surface area contributed by atoms with E-state index < -0.39 is 11.9 Å². The highest BCUT2D eigenvalue weighted by molar-refractivity contribution is 7.17. The van der Waals surface area contributed by atoms with Crippen LogP contribution in [0.5, 0.6) is 0 Å². The van der Waals surface area contributed by atoms with Crippen LogP contribution in [0.1, 0.15) is 32.8 Å². The number of hydrogen-bond donors (Lipinski definition) is 1. The number of carbonyl (C=O) groups is 2. The summed E-state index contributed by atoms with van der Waals surface area (Å²) in [5.74, 6) is -0.903. The number of nitrogens with zero attached hydrogens (tertiary/aromatic N) is 4. The molecule has 8 nitrogen and oxygen atoms in total. The van der Waals surface area contributed by atoms with E-state index >= 15 is 0 Å². The van der Waals surface area contributed by atoms with Crippen molar-refractivity contribution >= 4 is 28.3 Å². The van der Waals surface area contributed by atoms with Crippen LogP contribution in [0.25, 0.3) is 5.69 Å². The van der Waals surface area contributed by atoms with E-state index in [2.05, 4.69) is 20.5 Å². The Morgan fingerprint density at radius 2 is 2.04 bits per heavy atom. The average Bonchev–Trinajstić information content (AvgIpc) is 3.23. The van der Waals surface area contributed by atoms with Crippen molar-refractivity contribution in [1.29, 1.82) is 0 Å². The Bertz CT molecular complexity index is 904. The zero-order valence-corrected chi connectivity index (χ0v) is 14.4. The van der Waals surface area contributed by atoms with Crippen molar-refractivity contribution in [3.8, 4) is 5.69 Å². The summed E-state index contributed by atoms with van der Waals surface area (Å²) in [4.78, 5) is 30.0. The Kier molecular flexibility index (Phi) is 4.85. The van der Waals surface area contributed by atoms with Gasteiger partial charge >= 0.3 is 5.97 Å². The number of nitrogens with one attached hydrogen (secondary N) is 1. The van der Waals surface area contributed by atoms with Crippen LogP contribution < -0.4 is 5.32 Å². The van der Waals surface area contributed by atoms with Crippen molar-refractivity contribution in [2.24, 2.45) is 0 Å². The van der Waals surface area contributed by atoms with Gasteiger partial charge in [-0.1, -0.05) is 29.5 Å². The first-order valence-corrected chi connectivity index (χ1v) is 8.33. The molecule has 0 atom stereocenters. The number of amides is 1. The molecule has 3 rings (SSSR count). The number of hydrogen-bond acceptors (Lipinski definition) is 7. The molecule has 0 aliphatic rings. The number of benzene rings is 1. The van der Waals surface area contributed by atoms with Gasteiger partial charge in [-0.15, -0.1) is 5.10 Å². The first-order chi connectivity index (χ1) is 12.1. The highest BCUT2D eigenvalue weighted by Crippen LogP contribution is 2.23. The van der Waals surface area contributed by atoms with Crippen LogP contribution in [-0.4, -0.2) is 38.5 Å². The summed E-state index contributed by atoms with van der Waals surface area (Å²) in [6, 6.07) is 9.25. The van der Waals surface area contributed by atoms with Crippen molar-refractivity contribution in [2.75, 3.05) is 11.9 Å². The Balaban J connectivity index is 1.74. The second kappa shape index (κ2) is 7.22. The zero-order chi connectivity index (χ0) is 17.8. The van der Waals surface area contributed by atoms with Gasteiger partial charge in [0.2, 0.25) is 0 Å². The summed E-state index contributed by atoms with van der Waals surface area (Å²) in [6.07, 6.45) is 1.37. The quantitative estimate of drug-likeness (QED) is 0.704. The van der Waals surface area contributed by atoms with E-state index in [1.807, 2.05) is 30.3 Å². The molecular formula is C16H15N5O3S. The molecule has 1 aromatic carbocycles. The predicted octanol–water partition coefficient (Wildman–Crippen LogP) is 2.46. The van der Waals surface area contributed by atoms with Crippen LogP contribution >= 0.6 is 11.3 Å². The standard InChI is InChI=1S/C16H15N5O3S/c1-3-24-15(23)13-10(2)18-16(25-13)19-14(22)12-9-17-21(20-12)11-7-5-4-6-8-11/h4-9H,3H2,1-2H3,(H,18,19,22). The molecule has 1 amide bonds. The molecular weight excluding hydrogens is 342 g/mol. The molecule has 0 saturated carbocycles. The maximum atomic E-state index is 12.3. The fraction of sp³-hybridized carbons (Fsp3) is 0.188. The van der Waals surface area contributed by atoms with Gasteiger partial charge in [-0.3, -0.25) is 10.1 Å². The summed E-state index contributed by atoms with van der Waals surface area (Å²) in [5, 5.41) is 11.2. The molecule has 0 aliphatic heterocycles. The van der Waals surface area contributed by atoms with Crippen LogP contribution in [-0.2, 0) is 4.74 Å². The summed E-state index contributed by atoms with van der Waals surface area (Å²) in [5.41, 5.74) is 1.40. The fourth-order valence-corrected chi connectivity index (χ4v) is 2.91. The molecule has 3 aromatic rings. The van der Waals surface area contributed by atoms with E-state index in [0.29, 0.717) is 15.7 Å². The SMILES string of the molecule is CCOC(=O)c1sc(NC(=O)c2cnn(-c3ccccc3)n2)nc1C. The van der Waals surface area contributed by atoms with E-state index in [-0.39, 0.29) is 12.3 Å². The molecule has 2 heterocycles. The lowest BCUT2D eigenvalue weighted by atomic mass is 10.3. The van der Waals surface area contributed by atoms with Crippen LogP contribution in [0.4, 0.5) is 5.13 Å². The van der Waals surface area contributed by atoms with Gasteiger partial charge in [0.25, 0.3) is 5.91 Å². The van der Waals surface area contributed by atoms with Gasteiger partial charge in [-0.2, -0.15) is 9.90 Å². The van der Waals surface area contributed by atoms with Crippen molar-refractivity contribution in [1.82, 2.24) is 20.0 Å². The highest BCUT2D eigenvalue weighted by Gasteiger charge is 2.19. The molecule has 0 fully saturated rings. The van der Waals surface area contributed by atoms with Crippen LogP contribution in [0.15, 0.2) is 36.5 Å². The largest absolute Gasteiger partial charge is 0.462 e. The maximum absolute atomic E-state index is 12.3. The molecule has 0 bridgehead atoms. The van der Waals surface area contributed by atoms with E-state index in [4.69, 9.17) is 4.74 Å². The molecule has 0 saturated heterocycles. The highest BCUT2D eigenvalue weighted by atomic mass is 32.1. The van der Waals surface area contributed by atoms with Gasteiger partial charge in [0.15, 0.2) is 10.8 Å². The molecule has 2 aromatic heterocycles. The van der Waals surface area contributed by atoms with E-state index in [1.54, 1.807) is 13.8 Å². The Hall–Kier alpha value is -3.07. The number of esters is 1. The summed E-state index contributed by atoms with van der Waals surface area (Å²) >= 11 is 1.06. The second-order valence-corrected chi connectivity index (χ2v) is 5.96. The molecule has 0 unspecified atom stereocenters. The van der Waals surface area contributed by atoms with Crippen LogP contribution in [0.3, 0.4) is 0 Å². The van der Waals surface area contributed by atoms with Crippen LogP contribution in [0.2, 0.25) is 0 Å². The summed E-state index contributed by atoms with van der Waals surface area (Å²) in [6.45, 7) is 3.69. The van der Waals surface area contributed by atoms with E-state index in [0.717, 1.165) is 17.0 Å². The number of aromatic nitrogens is 4. The van der Waals surface area contributed by atoms with Gasteiger partial charge in [-0.05, 0) is 26.0 Å². The van der Waals surface area contributed by atoms with Crippen molar-refractivity contribution in [2.45, 2.75) is 13.8 Å². The van der Waals surface area contributed by atoms with Crippen LogP contribution in [0, 0.1) is 6.92 Å². The second-order valence-electron chi connectivity index (χ2n) is 4.96. The topological polar surface area (TPSA) is 99.0 Å². The maximum Gasteiger partial charge on any atom is 0.350 e. The zero-order valence-electron chi connectivity index (χ0n) is 13.6. The number of rotatable bonds is 5. The number of anilines is 1. The Morgan fingerprint density at radius 1 is 1.28 bits per heavy atom. The predicted molar refractivity (Wildman–Crippen MR) is 92.1 cm³/mol. The monoisotopic (exact) mass is 357 g/mol. The summed E-state index contributed by atoms with van der Waals surface area (Å²) in [7, 11) is 0. The summed E-state index contributed by atoms with van der Waals surface area (Å²) < 4.78 is 4.96. The van der Waals surface area contributed by atoms with Gasteiger partial charge in [0.1, 0.15) is 4.88 Å². The lowest BCUT2D eigenvalue weighted by molar-refractivity contribution is 0.0531. The van der Waals surface area contributed by atoms with Crippen molar-refractivity contribution < 1.29 is 14.3 Å². The first kappa shape index (κ1) is 16.8. The lowest BCUT2D eigenvalue weighted by Gasteiger charge is -1.99. The molecule has 25 heavy (non-hydrogen) atoms. The van der Waals surface area contributed by atoms with Gasteiger partial charge in [-0.25, -0.2) is 9.78 Å². The average molecular weight is 357 g/mol. The molecule has 0 aliphatic carbocycles. The van der Waals surface area contributed by atoms with E-state index in [1.165, 1.54) is 11.0 Å². The normalized spacial score (nSPS) is 10.5. The molecule has 0 radical (unpaired) electrons. The lowest BCUT2D eigenvalue weighted by Crippen LogP contribution is -2.13. The van der Waals surface area contributed by atoms with Gasteiger partial charge in [0.05, 0.1) is 24.2 Å². The van der Waals surface area contributed by atoms with Crippen molar-refractivity contribution in [3.05, 3.63) is 52.8 Å². The molecule has 128 valence electrons. The van der Waals surface area contributed by atoms with Crippen molar-refractivity contribution in [3.63, 3.8) is 0 Å². The third-order valence-electron chi connectivity index (χ3n) is 3.19. The minimum Gasteiger partial charge on any atom is -0.462 e. The first-order valence-electron chi connectivity index (χ1n) is 7.52. The third-order valence-corrected chi connectivity index (χ3v) is 4.24. The fourth-order valence-electron chi connectivity index (χ4n) is 2.05. The number of thiazole rings is 1. The molecule has 0 spiro atoms. The Labute approximate surface area is 147 Å². The number of aryl methyl sites for hydroxylation is 1. The third kappa shape index (κ3) is 3.72. The van der Waals surface area contributed by atoms with Gasteiger partial charge in [0, 0.05) is 0 Å². The smallest absolute Gasteiger partial charge is 0.350 e. The minimum atomic E-state index is -0.452. The Morgan fingerprint density at radius 3 is 2.76 bits per heavy atom. The molecule has 9 heteroatoms. The number of ether oxygens (including phenoxy) is 1. The number of para-hydroxylation sites is 1. The molecule has 1 N–H and O–H groups in total. The minimum absolute atomic E-state index is 0.148.